The molecule has 6 nitrogen and oxygen atoms in total. The fraction of sp³-hybridized carbons (Fsp3) is 0.118. The summed E-state index contributed by atoms with van der Waals surface area (Å²) >= 11 is 5.22. The number of benzene rings is 1. The minimum atomic E-state index is -1.83. The zero-order valence-corrected chi connectivity index (χ0v) is 16.1. The maximum atomic E-state index is 13.3. The summed E-state index contributed by atoms with van der Waals surface area (Å²) in [7, 11) is 0. The van der Waals surface area contributed by atoms with Gasteiger partial charge in [0.05, 0.1) is 5.02 Å². The Bertz CT molecular complexity index is 999. The SMILES string of the molecule is C#CCCN1C(C(=O)Nc2ccc(F)c(Cl)c2)=CC(c2nccs2)=NS1=O. The van der Waals surface area contributed by atoms with Gasteiger partial charge in [-0.25, -0.2) is 13.6 Å². The first-order chi connectivity index (χ1) is 13.0. The number of nitrogens with one attached hydrogen (secondary N) is 1. The van der Waals surface area contributed by atoms with E-state index in [0.29, 0.717) is 16.4 Å². The van der Waals surface area contributed by atoms with Crippen LogP contribution in [0.5, 0.6) is 0 Å². The van der Waals surface area contributed by atoms with Crippen LogP contribution in [-0.2, 0) is 16.0 Å². The lowest BCUT2D eigenvalue weighted by molar-refractivity contribution is -0.113. The minimum absolute atomic E-state index is 0.115. The highest BCUT2D eigenvalue weighted by molar-refractivity contribution is 7.81. The Morgan fingerprint density at radius 2 is 2.30 bits per heavy atom. The van der Waals surface area contributed by atoms with Gasteiger partial charge in [0.25, 0.3) is 5.91 Å². The van der Waals surface area contributed by atoms with E-state index in [1.54, 1.807) is 11.6 Å². The standard InChI is InChI=1S/C17H12ClFN4O2S2/c1-2-3-7-23-15(10-14(22-27(23)25)17-20-6-8-26-17)16(24)21-11-4-5-13(19)12(18)9-11/h1,4-6,8-10H,3,7H2,(H,21,24). The van der Waals surface area contributed by atoms with Gasteiger partial charge in [0.1, 0.15) is 22.2 Å². The van der Waals surface area contributed by atoms with E-state index in [9.17, 15) is 13.4 Å². The Labute approximate surface area is 166 Å². The van der Waals surface area contributed by atoms with Gasteiger partial charge >= 0.3 is 0 Å². The van der Waals surface area contributed by atoms with Gasteiger partial charge in [0, 0.05) is 30.2 Å². The average molecular weight is 423 g/mol. The lowest BCUT2D eigenvalue weighted by Crippen LogP contribution is -2.36. The topological polar surface area (TPSA) is 74.7 Å². The molecular weight excluding hydrogens is 411 g/mol. The minimum Gasteiger partial charge on any atom is -0.321 e. The van der Waals surface area contributed by atoms with Crippen LogP contribution in [-0.4, -0.2) is 31.7 Å². The van der Waals surface area contributed by atoms with Crippen molar-refractivity contribution in [3.63, 3.8) is 0 Å². The number of aromatic nitrogens is 1. The second kappa shape index (κ2) is 8.43. The van der Waals surface area contributed by atoms with Crippen molar-refractivity contribution in [2.45, 2.75) is 6.42 Å². The second-order valence-electron chi connectivity index (χ2n) is 5.21. The van der Waals surface area contributed by atoms with Crippen molar-refractivity contribution in [1.29, 1.82) is 0 Å². The zero-order valence-electron chi connectivity index (χ0n) is 13.7. The Morgan fingerprint density at radius 1 is 1.48 bits per heavy atom. The number of thiazole rings is 1. The predicted octanol–water partition coefficient (Wildman–Crippen LogP) is 3.16. The van der Waals surface area contributed by atoms with E-state index < -0.39 is 22.9 Å². The number of hydrogen-bond acceptors (Lipinski definition) is 4. The van der Waals surface area contributed by atoms with E-state index in [1.165, 1.54) is 33.9 Å². The van der Waals surface area contributed by atoms with E-state index in [4.69, 9.17) is 18.0 Å². The van der Waals surface area contributed by atoms with Gasteiger partial charge in [-0.1, -0.05) is 11.6 Å². The first-order valence-electron chi connectivity index (χ1n) is 7.59. The normalized spacial score (nSPS) is 16.3. The molecule has 1 unspecified atom stereocenters. The molecule has 0 spiro atoms. The van der Waals surface area contributed by atoms with Crippen LogP contribution in [0.25, 0.3) is 0 Å². The van der Waals surface area contributed by atoms with Crippen LogP contribution in [0.4, 0.5) is 10.1 Å². The molecule has 1 aromatic heterocycles. The molecule has 10 heteroatoms. The Kier molecular flexibility index (Phi) is 6.01. The molecule has 27 heavy (non-hydrogen) atoms. The molecule has 0 fully saturated rings. The molecule has 0 radical (unpaired) electrons. The molecule has 1 aromatic carbocycles. The summed E-state index contributed by atoms with van der Waals surface area (Å²) in [6.45, 7) is 0.182. The summed E-state index contributed by atoms with van der Waals surface area (Å²) < 4.78 is 31.2. The molecule has 1 aliphatic heterocycles. The summed E-state index contributed by atoms with van der Waals surface area (Å²) in [5, 5.41) is 4.78. The number of terminal acetylenes is 1. The average Bonchev–Trinajstić information content (AvgIpc) is 3.18. The largest absolute Gasteiger partial charge is 0.321 e. The van der Waals surface area contributed by atoms with Crippen LogP contribution in [0, 0.1) is 18.2 Å². The van der Waals surface area contributed by atoms with Gasteiger partial charge in [-0.05, 0) is 24.3 Å². The first kappa shape index (κ1) is 19.2. The lowest BCUT2D eigenvalue weighted by atomic mass is 10.2. The molecule has 1 atom stereocenters. The number of carbonyl (C=O) groups is 1. The fourth-order valence-electron chi connectivity index (χ4n) is 2.21. The van der Waals surface area contributed by atoms with Gasteiger partial charge in [-0.15, -0.1) is 23.7 Å². The number of carbonyl (C=O) groups excluding carboxylic acids is 1. The van der Waals surface area contributed by atoms with E-state index in [1.807, 2.05) is 0 Å². The molecule has 2 heterocycles. The van der Waals surface area contributed by atoms with Gasteiger partial charge in [0.15, 0.2) is 0 Å². The molecule has 1 aliphatic rings. The summed E-state index contributed by atoms with van der Waals surface area (Å²) in [4.78, 5) is 16.9. The van der Waals surface area contributed by atoms with Gasteiger partial charge < -0.3 is 5.32 Å². The molecular formula is C17H12ClFN4O2S2. The maximum Gasteiger partial charge on any atom is 0.273 e. The third-order valence-corrected chi connectivity index (χ3v) is 5.62. The summed E-state index contributed by atoms with van der Waals surface area (Å²) in [6.07, 6.45) is 8.64. The molecule has 2 aromatic rings. The van der Waals surface area contributed by atoms with Crippen LogP contribution in [0.15, 0.2) is 45.9 Å². The maximum absolute atomic E-state index is 13.3. The second-order valence-corrected chi connectivity index (χ2v) is 7.60. The van der Waals surface area contributed by atoms with Crippen LogP contribution >= 0.6 is 22.9 Å². The molecule has 1 amide bonds. The van der Waals surface area contributed by atoms with Crippen molar-refractivity contribution < 1.29 is 13.4 Å². The Hall–Kier alpha value is -2.54. The number of amides is 1. The zero-order chi connectivity index (χ0) is 19.4. The third kappa shape index (κ3) is 4.42. The van der Waals surface area contributed by atoms with Crippen LogP contribution in [0.2, 0.25) is 5.02 Å². The lowest BCUT2D eigenvalue weighted by Gasteiger charge is -2.25. The third-order valence-electron chi connectivity index (χ3n) is 3.43. The highest BCUT2D eigenvalue weighted by atomic mass is 35.5. The van der Waals surface area contributed by atoms with Crippen LogP contribution in [0.3, 0.4) is 0 Å². The summed E-state index contributed by atoms with van der Waals surface area (Å²) in [5.74, 6) is 1.30. The van der Waals surface area contributed by atoms with Gasteiger partial charge in [0.2, 0.25) is 11.2 Å². The van der Waals surface area contributed by atoms with Crippen molar-refractivity contribution in [1.82, 2.24) is 9.29 Å². The molecule has 0 saturated carbocycles. The van der Waals surface area contributed by atoms with Crippen molar-refractivity contribution in [2.75, 3.05) is 11.9 Å². The molecule has 0 saturated heterocycles. The van der Waals surface area contributed by atoms with Crippen molar-refractivity contribution in [3.05, 3.63) is 57.4 Å². The summed E-state index contributed by atoms with van der Waals surface area (Å²) in [5.41, 5.74) is 0.750. The monoisotopic (exact) mass is 422 g/mol. The highest BCUT2D eigenvalue weighted by Crippen LogP contribution is 2.23. The van der Waals surface area contributed by atoms with Crippen LogP contribution in [0.1, 0.15) is 11.4 Å². The molecule has 138 valence electrons. The smallest absolute Gasteiger partial charge is 0.273 e. The van der Waals surface area contributed by atoms with Gasteiger partial charge in [-0.3, -0.25) is 9.10 Å². The Balaban J connectivity index is 1.92. The first-order valence-corrected chi connectivity index (χ1v) is 9.91. The highest BCUT2D eigenvalue weighted by Gasteiger charge is 2.28. The molecule has 3 rings (SSSR count). The number of allylic oxidation sites excluding steroid dienone is 1. The quantitative estimate of drug-likeness (QED) is 0.752. The Morgan fingerprint density at radius 3 is 2.96 bits per heavy atom. The van der Waals surface area contributed by atoms with Gasteiger partial charge in [-0.2, -0.15) is 4.40 Å². The van der Waals surface area contributed by atoms with Crippen molar-refractivity contribution >= 4 is 51.4 Å². The van der Waals surface area contributed by atoms with E-state index in [-0.39, 0.29) is 23.7 Å². The van der Waals surface area contributed by atoms with E-state index in [0.717, 1.165) is 6.07 Å². The number of hydrogen-bond donors (Lipinski definition) is 1. The predicted molar refractivity (Wildman–Crippen MR) is 105 cm³/mol. The number of rotatable bonds is 5. The molecule has 0 bridgehead atoms. The number of nitrogens with zero attached hydrogens (tertiary/aromatic N) is 3. The molecule has 0 aliphatic carbocycles. The number of halogens is 2. The number of anilines is 1. The van der Waals surface area contributed by atoms with E-state index >= 15 is 0 Å². The van der Waals surface area contributed by atoms with Crippen molar-refractivity contribution in [2.24, 2.45) is 4.40 Å². The summed E-state index contributed by atoms with van der Waals surface area (Å²) in [6, 6.07) is 3.81. The molecule has 1 N–H and O–H groups in total. The van der Waals surface area contributed by atoms with Crippen molar-refractivity contribution in [3.8, 4) is 12.3 Å². The van der Waals surface area contributed by atoms with Crippen LogP contribution < -0.4 is 5.32 Å². The van der Waals surface area contributed by atoms with E-state index in [2.05, 4.69) is 20.6 Å². The fourth-order valence-corrected chi connectivity index (χ4v) is 4.00.